The summed E-state index contributed by atoms with van der Waals surface area (Å²) in [4.78, 5) is 42.9. The van der Waals surface area contributed by atoms with Crippen LogP contribution >= 0.6 is 23.2 Å². The second-order valence-corrected chi connectivity index (χ2v) is 20.8. The number of carbonyl (C=O) groups is 3. The molecule has 0 atom stereocenters. The number of benzene rings is 6. The van der Waals surface area contributed by atoms with Crippen molar-refractivity contribution in [2.24, 2.45) is 11.5 Å². The van der Waals surface area contributed by atoms with Gasteiger partial charge in [-0.2, -0.15) is 0 Å². The smallest absolute Gasteiger partial charge is 0.338 e. The summed E-state index contributed by atoms with van der Waals surface area (Å²) < 4.78 is 11.4. The molecular weight excluding hydrogens is 1060 g/mol. The van der Waals surface area contributed by atoms with E-state index in [1.54, 1.807) is 18.2 Å². The number of halogens is 2. The Morgan fingerprint density at radius 1 is 0.568 bits per heavy atom. The van der Waals surface area contributed by atoms with Gasteiger partial charge in [-0.25, -0.2) is 14.9 Å². The summed E-state index contributed by atoms with van der Waals surface area (Å²) in [6.45, 7) is 13.3. The predicted molar refractivity (Wildman–Crippen MR) is 323 cm³/mol. The lowest BCUT2D eigenvalue weighted by molar-refractivity contribution is -0.163. The maximum absolute atomic E-state index is 11.8. The summed E-state index contributed by atoms with van der Waals surface area (Å²) in [7, 11) is 4.29. The highest BCUT2D eigenvalue weighted by molar-refractivity contribution is 6.30. The fourth-order valence-corrected chi connectivity index (χ4v) is 8.73. The van der Waals surface area contributed by atoms with Crippen molar-refractivity contribution in [1.29, 1.82) is 0 Å². The van der Waals surface area contributed by atoms with E-state index >= 15 is 0 Å². The van der Waals surface area contributed by atoms with E-state index in [0.29, 0.717) is 47.6 Å². The van der Waals surface area contributed by atoms with E-state index in [0.717, 1.165) is 67.8 Å². The van der Waals surface area contributed by atoms with E-state index < -0.39 is 11.9 Å². The van der Waals surface area contributed by atoms with Gasteiger partial charge in [0.1, 0.15) is 18.1 Å². The van der Waals surface area contributed by atoms with Crippen molar-refractivity contribution in [2.75, 3.05) is 106 Å². The van der Waals surface area contributed by atoms with E-state index in [1.807, 2.05) is 48.5 Å². The third-order valence-electron chi connectivity index (χ3n) is 13.4. The summed E-state index contributed by atoms with van der Waals surface area (Å²) in [5, 5.41) is 21.1. The van der Waals surface area contributed by atoms with Gasteiger partial charge in [-0.05, 0) is 129 Å². The van der Waals surface area contributed by atoms with Gasteiger partial charge in [-0.15, -0.1) is 0 Å². The highest BCUT2D eigenvalue weighted by Gasteiger charge is 2.16. The van der Waals surface area contributed by atoms with E-state index in [2.05, 4.69) is 130 Å². The largest absolute Gasteiger partial charge is 0.494 e. The molecule has 0 bridgehead atoms. The van der Waals surface area contributed by atoms with Crippen LogP contribution in [0.3, 0.4) is 0 Å². The third-order valence-corrected chi connectivity index (χ3v) is 13.9. The van der Waals surface area contributed by atoms with Gasteiger partial charge in [0.15, 0.2) is 0 Å². The van der Waals surface area contributed by atoms with E-state index in [9.17, 15) is 24.8 Å². The molecule has 0 aliphatic carbocycles. The van der Waals surface area contributed by atoms with Crippen molar-refractivity contribution in [1.82, 2.24) is 29.7 Å². The quantitative estimate of drug-likeness (QED) is 0.0247. The highest BCUT2D eigenvalue weighted by Crippen LogP contribution is 2.21. The molecule has 432 valence electrons. The Bertz CT molecular complexity index is 2740. The number of nitrogens with two attached hydrogens (primary N) is 2. The number of carbonyl (C=O) groups excluding carboxylic acids is 3. The molecule has 0 radical (unpaired) electrons. The number of urea groups is 1. The number of primary amides is 2. The number of piperazine rings is 2. The number of amides is 4. The molecule has 4 amide bonds. The lowest BCUT2D eigenvalue weighted by Crippen LogP contribution is -2.45. The Kier molecular flexibility index (Phi) is 29.1. The molecule has 0 aromatic heterocycles. The Balaban J connectivity index is 0.000000207. The summed E-state index contributed by atoms with van der Waals surface area (Å²) in [6.07, 6.45) is 5.04. The Morgan fingerprint density at radius 2 is 1.06 bits per heavy atom. The van der Waals surface area contributed by atoms with Crippen LogP contribution in [0, 0.1) is 11.8 Å². The second-order valence-electron chi connectivity index (χ2n) is 19.9. The van der Waals surface area contributed by atoms with Crippen molar-refractivity contribution in [3.05, 3.63) is 201 Å². The van der Waals surface area contributed by atoms with Gasteiger partial charge in [0.05, 0.1) is 25.3 Å². The normalized spacial score (nSPS) is 13.5. The molecule has 81 heavy (non-hydrogen) atoms. The predicted octanol–water partition coefficient (Wildman–Crippen LogP) is 9.66. The molecule has 6 N–H and O–H groups in total. The first kappa shape index (κ1) is 64.8. The first-order valence-corrected chi connectivity index (χ1v) is 28.2. The SMILES string of the molecule is CC(=O)N(O)CCCOc1ccc(CCCN2CCN(C)CC2)cc1.CN1CCN(CCOc2ccc(C#CCCN(O)C(N)=O)cc2C(N)=O)CC1.Clc1ccc(Cc2ccccc2)cc1.Clc1ccc(Cc2ccccc2)cc1. The van der Waals surface area contributed by atoms with Crippen LogP contribution in [0.25, 0.3) is 0 Å². The Hall–Kier alpha value is -6.97. The van der Waals surface area contributed by atoms with Gasteiger partial charge in [0, 0.05) is 94.3 Å². The molecule has 2 aliphatic heterocycles. The van der Waals surface area contributed by atoms with Crippen LogP contribution in [0.5, 0.6) is 11.5 Å². The standard InChI is InChI=1S/C19H27N5O4.C19H31N3O3.2C13H11Cl/c1-22-8-10-23(11-9-22)12-13-28-17-6-5-15(14-16(17)18(20)25)4-2-3-7-24(27)19(21)26;1-17(23)22(24)11-4-16-25-19-8-6-18(7-9-19)5-3-10-21-14-12-20(2)13-15-21;2*14-13-8-6-12(7-9-13)10-11-4-2-1-3-5-11/h5-6,14,27H,3,7-13H2,1H3,(H2,20,25)(H2,21,26);6-9,24H,3-5,10-16H2,1-2H3;2*1-9H,10H2. The van der Waals surface area contributed by atoms with Crippen LogP contribution in [-0.4, -0.2) is 164 Å². The molecule has 0 saturated carbocycles. The minimum absolute atomic E-state index is 0.00149. The molecule has 6 aromatic carbocycles. The fourth-order valence-electron chi connectivity index (χ4n) is 8.48. The molecule has 17 heteroatoms. The summed E-state index contributed by atoms with van der Waals surface area (Å²) in [5.74, 6) is 5.98. The van der Waals surface area contributed by atoms with Crippen LogP contribution in [-0.2, 0) is 24.1 Å². The summed E-state index contributed by atoms with van der Waals surface area (Å²) in [5.41, 5.74) is 17.8. The third kappa shape index (κ3) is 26.4. The lowest BCUT2D eigenvalue weighted by Gasteiger charge is -2.32. The highest BCUT2D eigenvalue weighted by atomic mass is 35.5. The molecule has 2 saturated heterocycles. The molecule has 2 fully saturated rings. The molecule has 0 unspecified atom stereocenters. The van der Waals surface area contributed by atoms with E-state index in [-0.39, 0.29) is 24.4 Å². The topological polar surface area (TPSA) is 182 Å². The van der Waals surface area contributed by atoms with Crippen LogP contribution in [0.15, 0.2) is 152 Å². The maximum Gasteiger partial charge on any atom is 0.338 e. The number of aryl methyl sites for hydroxylation is 1. The van der Waals surface area contributed by atoms with Crippen LogP contribution in [0.2, 0.25) is 10.0 Å². The second kappa shape index (κ2) is 36.4. The van der Waals surface area contributed by atoms with Crippen molar-refractivity contribution < 1.29 is 34.3 Å². The number of hydrogen-bond donors (Lipinski definition) is 4. The number of nitrogens with zero attached hydrogens (tertiary/aromatic N) is 6. The monoisotopic (exact) mass is 1140 g/mol. The molecule has 0 spiro atoms. The zero-order valence-electron chi connectivity index (χ0n) is 47.1. The van der Waals surface area contributed by atoms with Gasteiger partial charge in [-0.3, -0.25) is 24.9 Å². The van der Waals surface area contributed by atoms with Gasteiger partial charge in [-0.1, -0.05) is 132 Å². The average molecular weight is 1140 g/mol. The van der Waals surface area contributed by atoms with E-state index in [1.165, 1.54) is 73.9 Å². The number of likely N-dealkylation sites (N-methyl/N-ethyl adjacent to an activating group) is 2. The van der Waals surface area contributed by atoms with Crippen LogP contribution in [0.1, 0.15) is 69.9 Å². The van der Waals surface area contributed by atoms with Crippen molar-refractivity contribution in [2.45, 2.75) is 45.4 Å². The lowest BCUT2D eigenvalue weighted by atomic mass is 10.1. The van der Waals surface area contributed by atoms with Gasteiger partial charge in [0.25, 0.3) is 5.91 Å². The van der Waals surface area contributed by atoms with Crippen molar-refractivity contribution >= 4 is 41.0 Å². The molecular formula is C64H80Cl2N8O7. The molecule has 15 nitrogen and oxygen atoms in total. The van der Waals surface area contributed by atoms with Gasteiger partial charge < -0.3 is 35.6 Å². The summed E-state index contributed by atoms with van der Waals surface area (Å²) in [6, 6.07) is 49.1. The Morgan fingerprint density at radius 3 is 1.56 bits per heavy atom. The molecule has 8 rings (SSSR count). The number of hydroxylamine groups is 4. The minimum atomic E-state index is -0.934. The average Bonchev–Trinajstić information content (AvgIpc) is 3.47. The first-order chi connectivity index (χ1) is 39.1. The van der Waals surface area contributed by atoms with Gasteiger partial charge in [0.2, 0.25) is 5.91 Å². The van der Waals surface area contributed by atoms with Gasteiger partial charge >= 0.3 is 6.03 Å². The number of rotatable bonds is 20. The maximum atomic E-state index is 11.8. The Labute approximate surface area is 489 Å². The minimum Gasteiger partial charge on any atom is -0.494 e. The van der Waals surface area contributed by atoms with Crippen LogP contribution < -0.4 is 20.9 Å². The molecule has 6 aromatic rings. The van der Waals surface area contributed by atoms with Crippen molar-refractivity contribution in [3.63, 3.8) is 0 Å². The van der Waals surface area contributed by atoms with Crippen molar-refractivity contribution in [3.8, 4) is 23.3 Å². The van der Waals surface area contributed by atoms with Crippen LogP contribution in [0.4, 0.5) is 4.79 Å². The molecule has 2 aliphatic rings. The zero-order chi connectivity index (χ0) is 58.2. The summed E-state index contributed by atoms with van der Waals surface area (Å²) >= 11 is 11.6. The number of ether oxygens (including phenoxy) is 2. The molecule has 2 heterocycles. The first-order valence-electron chi connectivity index (χ1n) is 27.5. The number of hydrogen-bond acceptors (Lipinski definition) is 11. The zero-order valence-corrected chi connectivity index (χ0v) is 48.6. The fraction of sp³-hybridized carbons (Fsp3) is 0.359. The van der Waals surface area contributed by atoms with E-state index in [4.69, 9.17) is 44.1 Å².